The number of anilines is 3. The van der Waals surface area contributed by atoms with Crippen molar-refractivity contribution in [1.82, 2.24) is 0 Å². The van der Waals surface area contributed by atoms with E-state index in [1.165, 1.54) is 97.7 Å². The lowest BCUT2D eigenvalue weighted by Crippen LogP contribution is -2.14. The first-order valence-electron chi connectivity index (χ1n) is 21.8. The normalized spacial score (nSPS) is 12.7. The van der Waals surface area contributed by atoms with Gasteiger partial charge in [0.2, 0.25) is 0 Å². The number of thiophene rings is 1. The van der Waals surface area contributed by atoms with E-state index in [4.69, 9.17) is 0 Å². The zero-order valence-electron chi connectivity index (χ0n) is 35.2. The van der Waals surface area contributed by atoms with E-state index in [1.54, 1.807) is 0 Å². The van der Waals surface area contributed by atoms with Crippen molar-refractivity contribution in [2.24, 2.45) is 0 Å². The summed E-state index contributed by atoms with van der Waals surface area (Å²) < 4.78 is 2.61. The summed E-state index contributed by atoms with van der Waals surface area (Å²) in [5.74, 6) is 0. The molecular formula is C61H43NS. The SMILES string of the molecule is CC1(C)c2ccccc2-c2ccc(-c3ccc(N(c4ccccc4-c4cccc5c4sc4ccccc45)c4ccccc4-c4cccc5cccc(-c6ccccc6)c45)cc3)cc21. The van der Waals surface area contributed by atoms with Crippen LogP contribution in [0.5, 0.6) is 0 Å². The molecule has 11 aromatic rings. The number of fused-ring (bicyclic) bond motifs is 7. The molecule has 0 saturated heterocycles. The molecule has 0 unspecified atom stereocenters. The Kier molecular flexibility index (Phi) is 8.77. The zero-order valence-corrected chi connectivity index (χ0v) is 36.0. The van der Waals surface area contributed by atoms with E-state index in [-0.39, 0.29) is 5.41 Å². The Morgan fingerprint density at radius 1 is 0.365 bits per heavy atom. The molecule has 0 fully saturated rings. The minimum absolute atomic E-state index is 0.0641. The van der Waals surface area contributed by atoms with E-state index in [2.05, 4.69) is 243 Å². The minimum atomic E-state index is -0.0641. The molecule has 63 heavy (non-hydrogen) atoms. The van der Waals surface area contributed by atoms with Gasteiger partial charge >= 0.3 is 0 Å². The smallest absolute Gasteiger partial charge is 0.0540 e. The largest absolute Gasteiger partial charge is 0.309 e. The molecule has 0 amide bonds. The van der Waals surface area contributed by atoms with Crippen LogP contribution in [0.3, 0.4) is 0 Å². The van der Waals surface area contributed by atoms with Crippen molar-refractivity contribution in [3.8, 4) is 55.6 Å². The summed E-state index contributed by atoms with van der Waals surface area (Å²) in [5.41, 5.74) is 18.4. The lowest BCUT2D eigenvalue weighted by molar-refractivity contribution is 0.660. The first-order chi connectivity index (χ1) is 31.0. The van der Waals surface area contributed by atoms with Crippen LogP contribution in [0, 0.1) is 0 Å². The summed E-state index contributed by atoms with van der Waals surface area (Å²) in [6.07, 6.45) is 0. The molecule has 0 bridgehead atoms. The van der Waals surface area contributed by atoms with Crippen LogP contribution in [0.15, 0.2) is 224 Å². The molecule has 1 aliphatic carbocycles. The Morgan fingerprint density at radius 2 is 0.921 bits per heavy atom. The molecule has 12 rings (SSSR count). The number of hydrogen-bond acceptors (Lipinski definition) is 2. The Labute approximate surface area is 372 Å². The molecule has 0 spiro atoms. The molecule has 298 valence electrons. The van der Waals surface area contributed by atoms with Crippen LogP contribution < -0.4 is 4.90 Å². The fourth-order valence-electron chi connectivity index (χ4n) is 10.3. The first-order valence-corrected chi connectivity index (χ1v) is 22.7. The van der Waals surface area contributed by atoms with Crippen molar-refractivity contribution in [3.05, 3.63) is 236 Å². The van der Waals surface area contributed by atoms with Crippen LogP contribution in [0.2, 0.25) is 0 Å². The van der Waals surface area contributed by atoms with Gasteiger partial charge in [-0.2, -0.15) is 0 Å². The molecule has 1 aromatic heterocycles. The number of rotatable bonds is 7. The average Bonchev–Trinajstić information content (AvgIpc) is 3.84. The molecule has 0 radical (unpaired) electrons. The molecule has 2 heteroatoms. The molecular weight excluding hydrogens is 779 g/mol. The molecule has 10 aromatic carbocycles. The number of nitrogens with zero attached hydrogens (tertiary/aromatic N) is 1. The number of hydrogen-bond donors (Lipinski definition) is 0. The molecule has 1 heterocycles. The maximum Gasteiger partial charge on any atom is 0.0540 e. The van der Waals surface area contributed by atoms with E-state index in [9.17, 15) is 0 Å². The maximum absolute atomic E-state index is 2.49. The maximum atomic E-state index is 2.49. The van der Waals surface area contributed by atoms with Gasteiger partial charge in [0.15, 0.2) is 0 Å². The highest BCUT2D eigenvalue weighted by Gasteiger charge is 2.35. The van der Waals surface area contributed by atoms with Crippen LogP contribution >= 0.6 is 11.3 Å². The third-order valence-electron chi connectivity index (χ3n) is 13.3. The van der Waals surface area contributed by atoms with Gasteiger partial charge < -0.3 is 4.90 Å². The zero-order chi connectivity index (χ0) is 42.1. The van der Waals surface area contributed by atoms with Crippen molar-refractivity contribution in [2.75, 3.05) is 4.90 Å². The monoisotopic (exact) mass is 821 g/mol. The van der Waals surface area contributed by atoms with E-state index in [0.29, 0.717) is 0 Å². The van der Waals surface area contributed by atoms with Crippen molar-refractivity contribution in [3.63, 3.8) is 0 Å². The number of benzene rings is 10. The van der Waals surface area contributed by atoms with Gasteiger partial charge in [0, 0.05) is 48.0 Å². The van der Waals surface area contributed by atoms with Gasteiger partial charge in [-0.05, 0) is 97.2 Å². The van der Waals surface area contributed by atoms with Gasteiger partial charge in [0.1, 0.15) is 0 Å². The lowest BCUT2D eigenvalue weighted by atomic mass is 9.81. The second kappa shape index (κ2) is 14.8. The highest BCUT2D eigenvalue weighted by molar-refractivity contribution is 7.26. The van der Waals surface area contributed by atoms with Gasteiger partial charge in [-0.25, -0.2) is 0 Å². The fraction of sp³-hybridized carbons (Fsp3) is 0.0492. The van der Waals surface area contributed by atoms with Gasteiger partial charge in [0.05, 0.1) is 11.4 Å². The van der Waals surface area contributed by atoms with Crippen molar-refractivity contribution in [2.45, 2.75) is 19.3 Å². The van der Waals surface area contributed by atoms with Crippen LogP contribution in [-0.2, 0) is 5.41 Å². The summed E-state index contributed by atoms with van der Waals surface area (Å²) in [7, 11) is 0. The Balaban J connectivity index is 1.06. The van der Waals surface area contributed by atoms with Gasteiger partial charge in [0.25, 0.3) is 0 Å². The van der Waals surface area contributed by atoms with Gasteiger partial charge in [-0.15, -0.1) is 11.3 Å². The Morgan fingerprint density at radius 3 is 1.70 bits per heavy atom. The molecule has 0 saturated carbocycles. The average molecular weight is 822 g/mol. The van der Waals surface area contributed by atoms with Crippen molar-refractivity contribution >= 4 is 59.3 Å². The highest BCUT2D eigenvalue weighted by atomic mass is 32.1. The summed E-state index contributed by atoms with van der Waals surface area (Å²) in [5, 5.41) is 5.07. The Bertz CT molecular complexity index is 3530. The second-order valence-electron chi connectivity index (χ2n) is 17.2. The van der Waals surface area contributed by atoms with E-state index < -0.39 is 0 Å². The third kappa shape index (κ3) is 6.05. The van der Waals surface area contributed by atoms with Crippen LogP contribution in [0.25, 0.3) is 86.6 Å². The van der Waals surface area contributed by atoms with E-state index in [1.807, 2.05) is 11.3 Å². The van der Waals surface area contributed by atoms with E-state index in [0.717, 1.165) is 17.1 Å². The van der Waals surface area contributed by atoms with Crippen LogP contribution in [0.4, 0.5) is 17.1 Å². The molecule has 1 aliphatic rings. The fourth-order valence-corrected chi connectivity index (χ4v) is 11.5. The predicted octanol–water partition coefficient (Wildman–Crippen LogP) is 17.7. The standard InChI is InChI=1S/C61H43NS/c1-61(2)54-29-10-6-21-46(54)47-38-35-43(39-55(47)61)40-33-36-44(37-34-40)62(57-31-12-8-23-49(57)52-27-16-28-53-50-24-9-13-32-58(50)63-60(52)53)56-30-11-7-22-48(56)51-26-15-20-42-19-14-25-45(59(42)51)41-17-4-3-5-18-41/h3-39H,1-2H3. The van der Waals surface area contributed by atoms with Crippen LogP contribution in [-0.4, -0.2) is 0 Å². The van der Waals surface area contributed by atoms with Crippen molar-refractivity contribution in [1.29, 1.82) is 0 Å². The third-order valence-corrected chi connectivity index (χ3v) is 14.5. The van der Waals surface area contributed by atoms with Crippen molar-refractivity contribution < 1.29 is 0 Å². The summed E-state index contributed by atoms with van der Waals surface area (Å²) in [6, 6.07) is 82.9. The van der Waals surface area contributed by atoms with Gasteiger partial charge in [-0.3, -0.25) is 0 Å². The van der Waals surface area contributed by atoms with E-state index >= 15 is 0 Å². The molecule has 1 nitrogen and oxygen atoms in total. The van der Waals surface area contributed by atoms with Gasteiger partial charge in [-0.1, -0.05) is 202 Å². The Hall–Kier alpha value is -7.52. The minimum Gasteiger partial charge on any atom is -0.309 e. The second-order valence-corrected chi connectivity index (χ2v) is 18.3. The highest BCUT2D eigenvalue weighted by Crippen LogP contribution is 2.51. The molecule has 0 atom stereocenters. The topological polar surface area (TPSA) is 3.24 Å². The quantitative estimate of drug-likeness (QED) is 0.155. The lowest BCUT2D eigenvalue weighted by Gasteiger charge is -2.30. The molecule has 0 aliphatic heterocycles. The summed E-state index contributed by atoms with van der Waals surface area (Å²) >= 11 is 1.88. The van der Waals surface area contributed by atoms with Crippen LogP contribution in [0.1, 0.15) is 25.0 Å². The number of para-hydroxylation sites is 2. The summed E-state index contributed by atoms with van der Waals surface area (Å²) in [6.45, 7) is 4.71. The first kappa shape index (κ1) is 37.3. The predicted molar refractivity (Wildman–Crippen MR) is 271 cm³/mol. The molecule has 0 N–H and O–H groups in total. The summed E-state index contributed by atoms with van der Waals surface area (Å²) in [4.78, 5) is 2.49.